The summed E-state index contributed by atoms with van der Waals surface area (Å²) in [5, 5.41) is 18.3. The van der Waals surface area contributed by atoms with Crippen LogP contribution in [-0.2, 0) is 11.3 Å². The Morgan fingerprint density at radius 1 is 1.43 bits per heavy atom. The quantitative estimate of drug-likeness (QED) is 0.816. The molecular weight excluding hydrogens is 292 g/mol. The van der Waals surface area contributed by atoms with E-state index in [0.717, 1.165) is 55.7 Å². The molecule has 3 rings (SSSR count). The molecule has 2 aromatic heterocycles. The highest BCUT2D eigenvalue weighted by Crippen LogP contribution is 2.31. The third-order valence-corrected chi connectivity index (χ3v) is 4.64. The van der Waals surface area contributed by atoms with Crippen LogP contribution in [0.25, 0.3) is 11.0 Å². The first kappa shape index (κ1) is 16.4. The van der Waals surface area contributed by atoms with E-state index in [0.29, 0.717) is 6.04 Å². The second-order valence-electron chi connectivity index (χ2n) is 6.82. The lowest BCUT2D eigenvalue weighted by molar-refractivity contribution is 0.124. The predicted octanol–water partition coefficient (Wildman–Crippen LogP) is 1.89. The van der Waals surface area contributed by atoms with Crippen LogP contribution in [0.1, 0.15) is 38.3 Å². The first-order valence-electron chi connectivity index (χ1n) is 8.35. The predicted molar refractivity (Wildman–Crippen MR) is 89.2 cm³/mol. The fraction of sp³-hybridized carbons (Fsp3) is 0.647. The number of aliphatic hydroxyl groups is 1. The molecule has 0 spiro atoms. The molecule has 1 atom stereocenters. The van der Waals surface area contributed by atoms with Crippen LogP contribution in [0.4, 0.5) is 0 Å². The van der Waals surface area contributed by atoms with Crippen LogP contribution in [-0.4, -0.2) is 46.2 Å². The molecule has 6 nitrogen and oxygen atoms in total. The Hall–Kier alpha value is -1.50. The first-order chi connectivity index (χ1) is 11.1. The van der Waals surface area contributed by atoms with E-state index in [2.05, 4.69) is 35.3 Å². The molecule has 1 aliphatic rings. The van der Waals surface area contributed by atoms with Gasteiger partial charge in [-0.05, 0) is 38.3 Å². The average molecular weight is 318 g/mol. The lowest BCUT2D eigenvalue weighted by Gasteiger charge is -2.26. The SMILES string of the molecule is CC(C)n1ncc2cc(CNCC3(CCO)CCOC3)cnc21. The van der Waals surface area contributed by atoms with Crippen LogP contribution in [0.15, 0.2) is 18.5 Å². The summed E-state index contributed by atoms with van der Waals surface area (Å²) >= 11 is 0. The van der Waals surface area contributed by atoms with E-state index < -0.39 is 0 Å². The topological polar surface area (TPSA) is 72.2 Å². The molecule has 0 aliphatic carbocycles. The van der Waals surface area contributed by atoms with Gasteiger partial charge in [-0.3, -0.25) is 0 Å². The number of aromatic nitrogens is 3. The molecule has 6 heteroatoms. The van der Waals surface area contributed by atoms with Crippen molar-refractivity contribution in [2.75, 3.05) is 26.4 Å². The zero-order valence-electron chi connectivity index (χ0n) is 14.0. The molecule has 2 aromatic rings. The molecule has 1 aliphatic heterocycles. The highest BCUT2D eigenvalue weighted by Gasteiger charge is 2.33. The lowest BCUT2D eigenvalue weighted by atomic mass is 9.84. The van der Waals surface area contributed by atoms with Crippen molar-refractivity contribution in [2.45, 2.75) is 39.3 Å². The van der Waals surface area contributed by atoms with Gasteiger partial charge in [0.2, 0.25) is 0 Å². The molecule has 0 aromatic carbocycles. The Labute approximate surface area is 136 Å². The molecule has 1 unspecified atom stereocenters. The molecular formula is C17H26N4O2. The summed E-state index contributed by atoms with van der Waals surface area (Å²) < 4.78 is 7.47. The molecule has 0 bridgehead atoms. The summed E-state index contributed by atoms with van der Waals surface area (Å²) in [6.07, 6.45) is 5.60. The van der Waals surface area contributed by atoms with Gasteiger partial charge in [0.1, 0.15) is 0 Å². The first-order valence-corrected chi connectivity index (χ1v) is 8.35. The Morgan fingerprint density at radius 2 is 2.30 bits per heavy atom. The molecule has 3 heterocycles. The minimum atomic E-state index is 0.0782. The minimum Gasteiger partial charge on any atom is -0.396 e. The van der Waals surface area contributed by atoms with Crippen molar-refractivity contribution in [1.82, 2.24) is 20.1 Å². The number of nitrogens with zero attached hydrogens (tertiary/aromatic N) is 3. The molecule has 1 saturated heterocycles. The Bertz CT molecular complexity index is 647. The summed E-state index contributed by atoms with van der Waals surface area (Å²) in [5.41, 5.74) is 2.16. The van der Waals surface area contributed by atoms with E-state index in [-0.39, 0.29) is 12.0 Å². The maximum absolute atomic E-state index is 9.27. The van der Waals surface area contributed by atoms with E-state index >= 15 is 0 Å². The van der Waals surface area contributed by atoms with E-state index in [1.54, 1.807) is 0 Å². The maximum atomic E-state index is 9.27. The van der Waals surface area contributed by atoms with Gasteiger partial charge in [-0.1, -0.05) is 0 Å². The number of pyridine rings is 1. The van der Waals surface area contributed by atoms with Crippen molar-refractivity contribution >= 4 is 11.0 Å². The van der Waals surface area contributed by atoms with Crippen LogP contribution in [0.2, 0.25) is 0 Å². The van der Waals surface area contributed by atoms with Crippen molar-refractivity contribution in [1.29, 1.82) is 0 Å². The molecule has 126 valence electrons. The van der Waals surface area contributed by atoms with Gasteiger partial charge in [-0.15, -0.1) is 0 Å². The summed E-state index contributed by atoms with van der Waals surface area (Å²) in [6, 6.07) is 2.45. The van der Waals surface area contributed by atoms with Crippen molar-refractivity contribution < 1.29 is 9.84 Å². The fourth-order valence-corrected chi connectivity index (χ4v) is 3.24. The normalized spacial score (nSPS) is 21.6. The largest absolute Gasteiger partial charge is 0.396 e. The van der Waals surface area contributed by atoms with E-state index in [9.17, 15) is 5.11 Å². The minimum absolute atomic E-state index is 0.0782. The third-order valence-electron chi connectivity index (χ3n) is 4.64. The molecule has 23 heavy (non-hydrogen) atoms. The Kier molecular flexibility index (Phi) is 4.94. The van der Waals surface area contributed by atoms with Crippen molar-refractivity contribution in [3.8, 4) is 0 Å². The smallest absolute Gasteiger partial charge is 0.157 e. The van der Waals surface area contributed by atoms with Crippen LogP contribution in [0.3, 0.4) is 0 Å². The monoisotopic (exact) mass is 318 g/mol. The summed E-state index contributed by atoms with van der Waals surface area (Å²) in [6.45, 7) is 7.58. The molecule has 0 radical (unpaired) electrons. The van der Waals surface area contributed by atoms with Crippen molar-refractivity contribution in [2.24, 2.45) is 5.41 Å². The molecule has 0 saturated carbocycles. The average Bonchev–Trinajstić information content (AvgIpc) is 3.14. The summed E-state index contributed by atoms with van der Waals surface area (Å²) in [4.78, 5) is 4.56. The zero-order valence-corrected chi connectivity index (χ0v) is 14.0. The van der Waals surface area contributed by atoms with Gasteiger partial charge in [-0.2, -0.15) is 5.10 Å². The molecule has 2 N–H and O–H groups in total. The standard InChI is InChI=1S/C17H26N4O2/c1-13(2)21-16-15(10-20-21)7-14(9-19-16)8-18-11-17(3-5-22)4-6-23-12-17/h7,9-10,13,18,22H,3-6,8,11-12H2,1-2H3. The van der Waals surface area contributed by atoms with E-state index in [4.69, 9.17) is 4.74 Å². The van der Waals surface area contributed by atoms with Gasteiger partial charge in [0.25, 0.3) is 0 Å². The van der Waals surface area contributed by atoms with E-state index in [1.165, 1.54) is 0 Å². The van der Waals surface area contributed by atoms with Gasteiger partial charge in [0, 0.05) is 49.3 Å². The van der Waals surface area contributed by atoms with Gasteiger partial charge in [-0.25, -0.2) is 9.67 Å². The number of hydrogen-bond donors (Lipinski definition) is 2. The Balaban J connectivity index is 1.63. The number of rotatable bonds is 7. The van der Waals surface area contributed by atoms with Gasteiger partial charge >= 0.3 is 0 Å². The van der Waals surface area contributed by atoms with Crippen LogP contribution >= 0.6 is 0 Å². The van der Waals surface area contributed by atoms with Crippen molar-refractivity contribution in [3.05, 3.63) is 24.0 Å². The summed E-state index contributed by atoms with van der Waals surface area (Å²) in [5.74, 6) is 0. The van der Waals surface area contributed by atoms with Crippen LogP contribution in [0, 0.1) is 5.41 Å². The Morgan fingerprint density at radius 3 is 3.00 bits per heavy atom. The van der Waals surface area contributed by atoms with Gasteiger partial charge in [0.15, 0.2) is 5.65 Å². The zero-order chi connectivity index (χ0) is 16.3. The third kappa shape index (κ3) is 3.54. The van der Waals surface area contributed by atoms with E-state index in [1.807, 2.05) is 17.1 Å². The highest BCUT2D eigenvalue weighted by atomic mass is 16.5. The van der Waals surface area contributed by atoms with Gasteiger partial charge < -0.3 is 15.2 Å². The highest BCUT2D eigenvalue weighted by molar-refractivity contribution is 5.75. The van der Waals surface area contributed by atoms with Crippen LogP contribution < -0.4 is 5.32 Å². The lowest BCUT2D eigenvalue weighted by Crippen LogP contribution is -2.35. The van der Waals surface area contributed by atoms with Gasteiger partial charge in [0.05, 0.1) is 12.8 Å². The number of fused-ring (bicyclic) bond motifs is 1. The molecule has 1 fully saturated rings. The van der Waals surface area contributed by atoms with Crippen molar-refractivity contribution in [3.63, 3.8) is 0 Å². The second kappa shape index (κ2) is 6.95. The number of ether oxygens (including phenoxy) is 1. The second-order valence-corrected chi connectivity index (χ2v) is 6.82. The maximum Gasteiger partial charge on any atom is 0.157 e. The number of aliphatic hydroxyl groups excluding tert-OH is 1. The number of hydrogen-bond acceptors (Lipinski definition) is 5. The van der Waals surface area contributed by atoms with Crippen LogP contribution in [0.5, 0.6) is 0 Å². The fourth-order valence-electron chi connectivity index (χ4n) is 3.24. The summed E-state index contributed by atoms with van der Waals surface area (Å²) in [7, 11) is 0. The number of nitrogens with one attached hydrogen (secondary N) is 1. The molecule has 0 amide bonds.